The molecule has 0 amide bonds. The normalized spacial score (nSPS) is 24.0. The first-order valence-electron chi connectivity index (χ1n) is 11.1. The van der Waals surface area contributed by atoms with Gasteiger partial charge in [-0.1, -0.05) is 0 Å². The summed E-state index contributed by atoms with van der Waals surface area (Å²) in [4.78, 5) is 10.9. The van der Waals surface area contributed by atoms with Gasteiger partial charge in [-0.3, -0.25) is 4.98 Å². The lowest BCUT2D eigenvalue weighted by molar-refractivity contribution is 0.0555. The van der Waals surface area contributed by atoms with Gasteiger partial charge in [-0.2, -0.15) is 0 Å². The maximum atomic E-state index is 15.5. The van der Waals surface area contributed by atoms with Crippen LogP contribution in [0.1, 0.15) is 45.4 Å². The monoisotopic (exact) mass is 436 g/mol. The summed E-state index contributed by atoms with van der Waals surface area (Å²) in [6.45, 7) is 10.6. The van der Waals surface area contributed by atoms with E-state index >= 15 is 4.39 Å². The molecule has 0 radical (unpaired) electrons. The molecule has 2 N–H and O–H groups in total. The Morgan fingerprint density at radius 2 is 1.91 bits per heavy atom. The number of fused-ring (bicyclic) bond motifs is 2. The standard InChI is InChI=1S/C24H29FN6O/c1-13-12-26-17-9-15(20(32)10-18(17)27-13)16-8-14-6-7-31(22(14)29-28-16)19-11-23(2,3)30-24(4,5)21(19)25/h8-10,12,19,21,30,32H,6-7,11H2,1-5H3/t19-,21-/m0/s1. The Kier molecular flexibility index (Phi) is 4.64. The molecule has 32 heavy (non-hydrogen) atoms. The average Bonchev–Trinajstić information content (AvgIpc) is 3.12. The summed E-state index contributed by atoms with van der Waals surface area (Å²) in [5.41, 5.74) is 3.47. The number of hydrogen-bond acceptors (Lipinski definition) is 7. The number of aromatic nitrogens is 4. The first kappa shape index (κ1) is 21.0. The van der Waals surface area contributed by atoms with Crippen LogP contribution in [-0.2, 0) is 6.42 Å². The maximum Gasteiger partial charge on any atom is 0.154 e. The van der Waals surface area contributed by atoms with Crippen LogP contribution in [0.5, 0.6) is 5.75 Å². The number of nitrogens with one attached hydrogen (secondary N) is 1. The van der Waals surface area contributed by atoms with E-state index in [0.717, 1.165) is 23.5 Å². The fraction of sp³-hybridized carbons (Fsp3) is 0.500. The molecule has 168 valence electrons. The van der Waals surface area contributed by atoms with Crippen molar-refractivity contribution in [3.8, 4) is 17.0 Å². The van der Waals surface area contributed by atoms with E-state index in [1.165, 1.54) is 0 Å². The van der Waals surface area contributed by atoms with Crippen molar-refractivity contribution in [3.63, 3.8) is 0 Å². The third-order valence-electron chi connectivity index (χ3n) is 6.61. The summed E-state index contributed by atoms with van der Waals surface area (Å²) < 4.78 is 15.5. The number of phenolic OH excluding ortho intramolecular Hbond substituents is 1. The SMILES string of the molecule is Cc1cnc2cc(-c3cc4c(nn3)N([C@H]3CC(C)(C)NC(C)(C)[C@H]3F)CC4)c(O)cc2n1. The van der Waals surface area contributed by atoms with Gasteiger partial charge in [0, 0.05) is 41.0 Å². The predicted molar refractivity (Wildman–Crippen MR) is 123 cm³/mol. The second kappa shape index (κ2) is 7.07. The van der Waals surface area contributed by atoms with E-state index in [1.807, 2.05) is 26.8 Å². The molecule has 4 heterocycles. The Bertz CT molecular complexity index is 1210. The third kappa shape index (κ3) is 3.46. The first-order chi connectivity index (χ1) is 15.0. The smallest absolute Gasteiger partial charge is 0.154 e. The summed E-state index contributed by atoms with van der Waals surface area (Å²) in [5, 5.41) is 23.0. The van der Waals surface area contributed by atoms with Crippen LogP contribution in [0.2, 0.25) is 0 Å². The van der Waals surface area contributed by atoms with E-state index in [4.69, 9.17) is 0 Å². The summed E-state index contributed by atoms with van der Waals surface area (Å²) in [7, 11) is 0. The lowest BCUT2D eigenvalue weighted by atomic mass is 9.77. The molecule has 5 rings (SSSR count). The third-order valence-corrected chi connectivity index (χ3v) is 6.61. The molecule has 0 saturated carbocycles. The van der Waals surface area contributed by atoms with E-state index in [0.29, 0.717) is 35.3 Å². The number of phenols is 1. The van der Waals surface area contributed by atoms with Crippen LogP contribution >= 0.6 is 0 Å². The van der Waals surface area contributed by atoms with E-state index in [9.17, 15) is 5.11 Å². The van der Waals surface area contributed by atoms with Gasteiger partial charge in [0.05, 0.1) is 28.5 Å². The molecule has 2 aliphatic rings. The minimum Gasteiger partial charge on any atom is -0.507 e. The molecule has 0 spiro atoms. The highest BCUT2D eigenvalue weighted by Crippen LogP contribution is 2.40. The lowest BCUT2D eigenvalue weighted by Crippen LogP contribution is -2.69. The molecule has 0 bridgehead atoms. The Morgan fingerprint density at radius 3 is 2.69 bits per heavy atom. The molecule has 8 heteroatoms. The van der Waals surface area contributed by atoms with Gasteiger partial charge in [0.2, 0.25) is 0 Å². The van der Waals surface area contributed by atoms with Crippen molar-refractivity contribution in [3.05, 3.63) is 35.7 Å². The number of nitrogens with zero attached hydrogens (tertiary/aromatic N) is 5. The van der Waals surface area contributed by atoms with Crippen LogP contribution in [0.15, 0.2) is 24.4 Å². The van der Waals surface area contributed by atoms with Gasteiger partial charge in [0.1, 0.15) is 11.9 Å². The minimum atomic E-state index is -1.03. The zero-order valence-electron chi connectivity index (χ0n) is 19.1. The van der Waals surface area contributed by atoms with Crippen molar-refractivity contribution in [1.82, 2.24) is 25.5 Å². The van der Waals surface area contributed by atoms with Crippen LogP contribution in [-0.4, -0.2) is 55.1 Å². The number of benzene rings is 1. The van der Waals surface area contributed by atoms with Crippen LogP contribution in [0, 0.1) is 6.92 Å². The van der Waals surface area contributed by atoms with Crippen molar-refractivity contribution >= 4 is 16.9 Å². The Morgan fingerprint density at radius 1 is 1.12 bits per heavy atom. The molecular formula is C24H29FN6O. The topological polar surface area (TPSA) is 87.1 Å². The second-order valence-corrected chi connectivity index (χ2v) is 10.3. The van der Waals surface area contributed by atoms with Gasteiger partial charge in [0.15, 0.2) is 5.82 Å². The molecule has 3 aromatic rings. The van der Waals surface area contributed by atoms with Gasteiger partial charge < -0.3 is 15.3 Å². The van der Waals surface area contributed by atoms with E-state index in [-0.39, 0.29) is 17.3 Å². The number of anilines is 1. The molecule has 1 saturated heterocycles. The van der Waals surface area contributed by atoms with Gasteiger partial charge in [0.25, 0.3) is 0 Å². The first-order valence-corrected chi connectivity index (χ1v) is 11.1. The predicted octanol–water partition coefficient (Wildman–Crippen LogP) is 3.72. The number of halogens is 1. The highest BCUT2D eigenvalue weighted by Gasteiger charge is 2.49. The highest BCUT2D eigenvalue weighted by molar-refractivity contribution is 5.84. The molecule has 2 atom stereocenters. The average molecular weight is 437 g/mol. The van der Waals surface area contributed by atoms with E-state index < -0.39 is 11.7 Å². The number of aryl methyl sites for hydroxylation is 1. The zero-order valence-corrected chi connectivity index (χ0v) is 19.1. The largest absolute Gasteiger partial charge is 0.507 e. The quantitative estimate of drug-likeness (QED) is 0.633. The lowest BCUT2D eigenvalue weighted by Gasteiger charge is -2.51. The Balaban J connectivity index is 1.50. The van der Waals surface area contributed by atoms with Crippen molar-refractivity contribution in [2.75, 3.05) is 11.4 Å². The zero-order chi connectivity index (χ0) is 22.8. The molecule has 1 fully saturated rings. The summed E-state index contributed by atoms with van der Waals surface area (Å²) >= 11 is 0. The van der Waals surface area contributed by atoms with E-state index in [2.05, 4.69) is 44.2 Å². The molecule has 2 aliphatic heterocycles. The number of piperidine rings is 1. The molecule has 7 nitrogen and oxygen atoms in total. The van der Waals surface area contributed by atoms with Crippen LogP contribution in [0.4, 0.5) is 10.2 Å². The van der Waals surface area contributed by atoms with Gasteiger partial charge in [-0.25, -0.2) is 9.37 Å². The van der Waals surface area contributed by atoms with Crippen molar-refractivity contribution < 1.29 is 9.50 Å². The van der Waals surface area contributed by atoms with E-state index in [1.54, 1.807) is 18.3 Å². The fourth-order valence-electron chi connectivity index (χ4n) is 5.36. The molecule has 2 aromatic heterocycles. The molecule has 0 unspecified atom stereocenters. The van der Waals surface area contributed by atoms with Crippen LogP contribution in [0.25, 0.3) is 22.3 Å². The minimum absolute atomic E-state index is 0.0900. The Labute approximate surface area is 187 Å². The summed E-state index contributed by atoms with van der Waals surface area (Å²) in [6, 6.07) is 5.08. The second-order valence-electron chi connectivity index (χ2n) is 10.3. The van der Waals surface area contributed by atoms with Crippen LogP contribution in [0.3, 0.4) is 0 Å². The summed E-state index contributed by atoms with van der Waals surface area (Å²) in [6.07, 6.45) is 2.12. The van der Waals surface area contributed by atoms with Crippen molar-refractivity contribution in [2.24, 2.45) is 0 Å². The number of rotatable bonds is 2. The number of alkyl halides is 1. The van der Waals surface area contributed by atoms with Crippen molar-refractivity contribution in [1.29, 1.82) is 0 Å². The van der Waals surface area contributed by atoms with Gasteiger partial charge >= 0.3 is 0 Å². The Hall–Kier alpha value is -2.87. The van der Waals surface area contributed by atoms with Gasteiger partial charge in [-0.15, -0.1) is 10.2 Å². The number of hydrogen-bond donors (Lipinski definition) is 2. The maximum absolute atomic E-state index is 15.5. The van der Waals surface area contributed by atoms with Gasteiger partial charge in [-0.05, 0) is 59.6 Å². The van der Waals surface area contributed by atoms with Crippen LogP contribution < -0.4 is 10.2 Å². The van der Waals surface area contributed by atoms with Crippen molar-refractivity contribution in [2.45, 2.75) is 70.8 Å². The number of aromatic hydroxyl groups is 1. The molecular weight excluding hydrogens is 407 g/mol. The molecule has 1 aromatic carbocycles. The summed E-state index contributed by atoms with van der Waals surface area (Å²) in [5.74, 6) is 0.831. The molecule has 0 aliphatic carbocycles. The fourth-order valence-corrected chi connectivity index (χ4v) is 5.36. The highest BCUT2D eigenvalue weighted by atomic mass is 19.1.